The van der Waals surface area contributed by atoms with Gasteiger partial charge in [-0.1, -0.05) is 42.5 Å². The Balaban J connectivity index is 1.55. The van der Waals surface area contributed by atoms with E-state index in [2.05, 4.69) is 26.8 Å². The van der Waals surface area contributed by atoms with Gasteiger partial charge in [0, 0.05) is 16.7 Å². The van der Waals surface area contributed by atoms with Crippen LogP contribution in [0.3, 0.4) is 0 Å². The van der Waals surface area contributed by atoms with Crippen molar-refractivity contribution in [1.29, 1.82) is 0 Å². The summed E-state index contributed by atoms with van der Waals surface area (Å²) in [5, 5.41) is 10.9. The van der Waals surface area contributed by atoms with Crippen molar-refractivity contribution in [3.63, 3.8) is 0 Å². The number of hydrogen-bond donors (Lipinski definition) is 2. The predicted octanol–water partition coefficient (Wildman–Crippen LogP) is 3.08. The smallest absolute Gasteiger partial charge is 0.272 e. The Morgan fingerprint density at radius 3 is 2.84 bits per heavy atom. The number of hydrogen-bond acceptors (Lipinski definition) is 3. The minimum Gasteiger partial charge on any atom is -0.272 e. The van der Waals surface area contributed by atoms with E-state index in [1.165, 1.54) is 17.8 Å². The van der Waals surface area contributed by atoms with Gasteiger partial charge in [0.15, 0.2) is 0 Å². The Morgan fingerprint density at radius 1 is 1.16 bits per heavy atom. The van der Waals surface area contributed by atoms with Gasteiger partial charge < -0.3 is 0 Å². The first kappa shape index (κ1) is 15.3. The van der Waals surface area contributed by atoms with Crippen molar-refractivity contribution >= 4 is 12.1 Å². The Hall–Kier alpha value is -3.28. The molecule has 0 radical (unpaired) electrons. The zero-order valence-corrected chi connectivity index (χ0v) is 13.3. The third-order valence-electron chi connectivity index (χ3n) is 4.29. The van der Waals surface area contributed by atoms with Gasteiger partial charge >= 0.3 is 0 Å². The summed E-state index contributed by atoms with van der Waals surface area (Å²) in [7, 11) is 0. The van der Waals surface area contributed by atoms with Gasteiger partial charge in [0.25, 0.3) is 5.91 Å². The highest BCUT2D eigenvalue weighted by Crippen LogP contribution is 2.33. The van der Waals surface area contributed by atoms with Crippen LogP contribution in [0.4, 0.5) is 4.39 Å². The average molecular weight is 334 g/mol. The second kappa shape index (κ2) is 6.32. The van der Waals surface area contributed by atoms with Crippen molar-refractivity contribution in [3.8, 4) is 11.3 Å². The average Bonchev–Trinajstić information content (AvgIpc) is 3.08. The predicted molar refractivity (Wildman–Crippen MR) is 92.9 cm³/mol. The lowest BCUT2D eigenvalue weighted by atomic mass is 9.89. The van der Waals surface area contributed by atoms with E-state index in [9.17, 15) is 9.18 Å². The molecule has 0 spiro atoms. The van der Waals surface area contributed by atoms with Gasteiger partial charge in [0.05, 0.1) is 11.9 Å². The molecule has 0 saturated carbocycles. The van der Waals surface area contributed by atoms with Crippen LogP contribution in [0.2, 0.25) is 0 Å². The summed E-state index contributed by atoms with van der Waals surface area (Å²) in [6.07, 6.45) is 2.88. The third-order valence-corrected chi connectivity index (χ3v) is 4.29. The maximum atomic E-state index is 13.5. The summed E-state index contributed by atoms with van der Waals surface area (Å²) < 4.78 is 13.5. The number of nitrogens with one attached hydrogen (secondary N) is 2. The van der Waals surface area contributed by atoms with Crippen LogP contribution in [0.5, 0.6) is 0 Å². The molecule has 1 amide bonds. The molecule has 1 aliphatic rings. The SMILES string of the molecule is O=C(NN=Cc1ccccc1F)c1[nH]nc2c1CCc1ccccc1-2. The zero-order chi connectivity index (χ0) is 17.2. The number of halogens is 1. The van der Waals surface area contributed by atoms with Gasteiger partial charge in [-0.15, -0.1) is 0 Å². The highest BCUT2D eigenvalue weighted by Gasteiger charge is 2.24. The molecule has 0 unspecified atom stereocenters. The fourth-order valence-corrected chi connectivity index (χ4v) is 3.04. The molecular formula is C19H15FN4O. The van der Waals surface area contributed by atoms with Crippen LogP contribution in [-0.2, 0) is 12.8 Å². The molecule has 0 bridgehead atoms. The summed E-state index contributed by atoms with van der Waals surface area (Å²) in [6.45, 7) is 0. The van der Waals surface area contributed by atoms with Crippen molar-refractivity contribution in [1.82, 2.24) is 15.6 Å². The fourth-order valence-electron chi connectivity index (χ4n) is 3.04. The number of amides is 1. The normalized spacial score (nSPS) is 12.7. The minimum atomic E-state index is -0.393. The topological polar surface area (TPSA) is 70.1 Å². The molecule has 0 atom stereocenters. The largest absolute Gasteiger partial charge is 0.289 e. The second-order valence-corrected chi connectivity index (χ2v) is 5.80. The van der Waals surface area contributed by atoms with Crippen molar-refractivity contribution in [2.24, 2.45) is 5.10 Å². The lowest BCUT2D eigenvalue weighted by Crippen LogP contribution is -2.20. The number of hydrazone groups is 1. The molecule has 0 fully saturated rings. The van der Waals surface area contributed by atoms with Crippen LogP contribution >= 0.6 is 0 Å². The summed E-state index contributed by atoms with van der Waals surface area (Å²) in [5.41, 5.74) is 7.11. The number of carbonyl (C=O) groups excluding carboxylic acids is 1. The van der Waals surface area contributed by atoms with Crippen LogP contribution in [0.25, 0.3) is 11.3 Å². The van der Waals surface area contributed by atoms with Crippen molar-refractivity contribution in [3.05, 3.63) is 76.7 Å². The van der Waals surface area contributed by atoms with Crippen LogP contribution in [0.15, 0.2) is 53.6 Å². The lowest BCUT2D eigenvalue weighted by molar-refractivity contribution is 0.0949. The fraction of sp³-hybridized carbons (Fsp3) is 0.105. The van der Waals surface area contributed by atoms with Gasteiger partial charge in [0.1, 0.15) is 11.5 Å². The molecule has 2 N–H and O–H groups in total. The maximum absolute atomic E-state index is 13.5. The molecule has 124 valence electrons. The van der Waals surface area contributed by atoms with E-state index in [0.717, 1.165) is 29.7 Å². The van der Waals surface area contributed by atoms with E-state index in [1.807, 2.05) is 18.2 Å². The van der Waals surface area contributed by atoms with E-state index >= 15 is 0 Å². The van der Waals surface area contributed by atoms with E-state index in [4.69, 9.17) is 0 Å². The molecule has 25 heavy (non-hydrogen) atoms. The van der Waals surface area contributed by atoms with Crippen LogP contribution in [-0.4, -0.2) is 22.3 Å². The Morgan fingerprint density at radius 2 is 1.96 bits per heavy atom. The van der Waals surface area contributed by atoms with Gasteiger partial charge in [-0.3, -0.25) is 9.89 Å². The standard InChI is InChI=1S/C19H15FN4O/c20-16-8-4-2-6-13(16)11-21-24-19(25)18-15-10-9-12-5-1-3-7-14(12)17(15)22-23-18/h1-8,11H,9-10H2,(H,22,23)(H,24,25). The monoisotopic (exact) mass is 334 g/mol. The number of aryl methyl sites for hydroxylation is 1. The van der Waals surface area contributed by atoms with Crippen LogP contribution in [0.1, 0.15) is 27.2 Å². The number of fused-ring (bicyclic) bond motifs is 3. The van der Waals surface area contributed by atoms with Crippen molar-refractivity contribution < 1.29 is 9.18 Å². The van der Waals surface area contributed by atoms with Crippen molar-refractivity contribution in [2.75, 3.05) is 0 Å². The quantitative estimate of drug-likeness (QED) is 0.571. The number of nitrogens with zero attached hydrogens (tertiary/aromatic N) is 2. The summed E-state index contributed by atoms with van der Waals surface area (Å²) >= 11 is 0. The number of H-pyrrole nitrogens is 1. The van der Waals surface area contributed by atoms with E-state index in [0.29, 0.717) is 11.3 Å². The first-order valence-electron chi connectivity index (χ1n) is 7.97. The van der Waals surface area contributed by atoms with Gasteiger partial charge in [-0.25, -0.2) is 9.82 Å². The molecular weight excluding hydrogens is 319 g/mol. The molecule has 3 aromatic rings. The first-order valence-corrected chi connectivity index (χ1v) is 7.97. The van der Waals surface area contributed by atoms with E-state index in [1.54, 1.807) is 18.2 Å². The Labute approximate surface area is 143 Å². The number of aromatic amines is 1. The summed E-state index contributed by atoms with van der Waals surface area (Å²) in [4.78, 5) is 12.4. The summed E-state index contributed by atoms with van der Waals surface area (Å²) in [5.74, 6) is -0.781. The summed E-state index contributed by atoms with van der Waals surface area (Å²) in [6, 6.07) is 14.3. The highest BCUT2D eigenvalue weighted by atomic mass is 19.1. The van der Waals surface area contributed by atoms with Crippen LogP contribution < -0.4 is 5.43 Å². The minimum absolute atomic E-state index is 0.309. The number of aromatic nitrogens is 2. The molecule has 1 aliphatic carbocycles. The van der Waals surface area contributed by atoms with Crippen molar-refractivity contribution in [2.45, 2.75) is 12.8 Å². The Kier molecular flexibility index (Phi) is 3.85. The molecule has 0 saturated heterocycles. The van der Waals surface area contributed by atoms with Gasteiger partial charge in [-0.2, -0.15) is 10.2 Å². The third kappa shape index (κ3) is 2.82. The number of benzene rings is 2. The molecule has 0 aliphatic heterocycles. The second-order valence-electron chi connectivity index (χ2n) is 5.80. The molecule has 5 nitrogen and oxygen atoms in total. The first-order chi connectivity index (χ1) is 12.2. The Bertz CT molecular complexity index is 977. The number of rotatable bonds is 3. The van der Waals surface area contributed by atoms with E-state index in [-0.39, 0.29) is 5.91 Å². The van der Waals surface area contributed by atoms with Crippen LogP contribution in [0, 0.1) is 5.82 Å². The van der Waals surface area contributed by atoms with Gasteiger partial charge in [-0.05, 0) is 24.5 Å². The highest BCUT2D eigenvalue weighted by molar-refractivity contribution is 5.96. The lowest BCUT2D eigenvalue weighted by Gasteiger charge is -2.15. The molecule has 1 heterocycles. The number of carbonyl (C=O) groups is 1. The molecule has 6 heteroatoms. The maximum Gasteiger partial charge on any atom is 0.289 e. The molecule has 2 aromatic carbocycles. The molecule has 1 aromatic heterocycles. The zero-order valence-electron chi connectivity index (χ0n) is 13.3. The van der Waals surface area contributed by atoms with E-state index < -0.39 is 5.82 Å². The van der Waals surface area contributed by atoms with Gasteiger partial charge in [0.2, 0.25) is 0 Å². The molecule has 4 rings (SSSR count).